The van der Waals surface area contributed by atoms with E-state index in [9.17, 15) is 4.79 Å². The molecule has 0 saturated heterocycles. The predicted octanol–water partition coefficient (Wildman–Crippen LogP) is 2.70. The number of nitrogens with one attached hydrogen (secondary N) is 1. The van der Waals surface area contributed by atoms with Gasteiger partial charge in [0.15, 0.2) is 0 Å². The van der Waals surface area contributed by atoms with Gasteiger partial charge in [-0.15, -0.1) is 0 Å². The number of rotatable bonds is 8. The van der Waals surface area contributed by atoms with Gasteiger partial charge in [0.1, 0.15) is 12.4 Å². The van der Waals surface area contributed by atoms with Crippen molar-refractivity contribution in [1.82, 2.24) is 10.2 Å². The van der Waals surface area contributed by atoms with Crippen LogP contribution < -0.4 is 10.1 Å². The highest BCUT2D eigenvalue weighted by atomic mass is 16.5. The highest BCUT2D eigenvalue weighted by molar-refractivity contribution is 5.81. The third-order valence-corrected chi connectivity index (χ3v) is 3.81. The van der Waals surface area contributed by atoms with E-state index in [0.717, 1.165) is 11.3 Å². The summed E-state index contributed by atoms with van der Waals surface area (Å²) in [7, 11) is 1.93. The van der Waals surface area contributed by atoms with Crippen molar-refractivity contribution in [2.24, 2.45) is 0 Å². The fourth-order valence-corrected chi connectivity index (χ4v) is 2.15. The Labute approximate surface area is 138 Å². The SMILES string of the molecule is CC(C(=O)NCc1ccccc1)N(C)CCOc1ccccc1. The molecule has 0 saturated carbocycles. The molecule has 0 aromatic heterocycles. The topological polar surface area (TPSA) is 41.6 Å². The summed E-state index contributed by atoms with van der Waals surface area (Å²) in [6.45, 7) is 3.70. The Balaban J connectivity index is 1.70. The minimum Gasteiger partial charge on any atom is -0.492 e. The molecule has 1 amide bonds. The van der Waals surface area contributed by atoms with E-state index in [0.29, 0.717) is 19.7 Å². The van der Waals surface area contributed by atoms with E-state index in [1.165, 1.54) is 0 Å². The van der Waals surface area contributed by atoms with Gasteiger partial charge in [-0.1, -0.05) is 48.5 Å². The van der Waals surface area contributed by atoms with Crippen LogP contribution in [0, 0.1) is 0 Å². The molecule has 4 heteroatoms. The molecule has 0 radical (unpaired) electrons. The van der Waals surface area contributed by atoms with Gasteiger partial charge in [-0.2, -0.15) is 0 Å². The predicted molar refractivity (Wildman–Crippen MR) is 92.3 cm³/mol. The van der Waals surface area contributed by atoms with Gasteiger partial charge in [0.25, 0.3) is 0 Å². The first-order valence-electron chi connectivity index (χ1n) is 7.86. The highest BCUT2D eigenvalue weighted by Crippen LogP contribution is 2.08. The van der Waals surface area contributed by atoms with Crippen LogP contribution in [0.4, 0.5) is 0 Å². The van der Waals surface area contributed by atoms with Crippen LogP contribution in [0.2, 0.25) is 0 Å². The molecule has 0 spiro atoms. The van der Waals surface area contributed by atoms with E-state index in [-0.39, 0.29) is 11.9 Å². The average molecular weight is 312 g/mol. The summed E-state index contributed by atoms with van der Waals surface area (Å²) in [5.74, 6) is 0.873. The van der Waals surface area contributed by atoms with Crippen LogP contribution in [0.5, 0.6) is 5.75 Å². The van der Waals surface area contributed by atoms with Crippen molar-refractivity contribution in [1.29, 1.82) is 0 Å². The number of carbonyl (C=O) groups excluding carboxylic acids is 1. The van der Waals surface area contributed by atoms with Crippen molar-refractivity contribution in [2.75, 3.05) is 20.2 Å². The van der Waals surface area contributed by atoms with E-state index >= 15 is 0 Å². The summed E-state index contributed by atoms with van der Waals surface area (Å²) in [4.78, 5) is 14.2. The summed E-state index contributed by atoms with van der Waals surface area (Å²) in [5, 5.41) is 2.97. The second-order valence-electron chi connectivity index (χ2n) is 5.52. The Morgan fingerprint density at radius 1 is 1.09 bits per heavy atom. The molecule has 23 heavy (non-hydrogen) atoms. The van der Waals surface area contributed by atoms with Crippen molar-refractivity contribution in [3.05, 3.63) is 66.2 Å². The number of nitrogens with zero attached hydrogens (tertiary/aromatic N) is 1. The van der Waals surface area contributed by atoms with Gasteiger partial charge in [0.2, 0.25) is 5.91 Å². The number of hydrogen-bond donors (Lipinski definition) is 1. The van der Waals surface area contributed by atoms with E-state index in [1.54, 1.807) is 0 Å². The maximum Gasteiger partial charge on any atom is 0.237 e. The molecule has 1 unspecified atom stereocenters. The van der Waals surface area contributed by atoms with E-state index in [2.05, 4.69) is 5.32 Å². The summed E-state index contributed by atoms with van der Waals surface area (Å²) in [5.41, 5.74) is 1.10. The van der Waals surface area contributed by atoms with Crippen LogP contribution in [-0.2, 0) is 11.3 Å². The number of ether oxygens (including phenoxy) is 1. The molecular weight excluding hydrogens is 288 g/mol. The molecule has 0 fully saturated rings. The average Bonchev–Trinajstić information content (AvgIpc) is 2.60. The number of para-hydroxylation sites is 1. The van der Waals surface area contributed by atoms with Crippen molar-refractivity contribution < 1.29 is 9.53 Å². The monoisotopic (exact) mass is 312 g/mol. The second-order valence-corrected chi connectivity index (χ2v) is 5.52. The second kappa shape index (κ2) is 8.96. The molecule has 2 rings (SSSR count). The number of carbonyl (C=O) groups is 1. The van der Waals surface area contributed by atoms with Gasteiger partial charge in [0.05, 0.1) is 6.04 Å². The molecule has 1 N–H and O–H groups in total. The largest absolute Gasteiger partial charge is 0.492 e. The highest BCUT2D eigenvalue weighted by Gasteiger charge is 2.17. The first-order chi connectivity index (χ1) is 11.2. The van der Waals surface area contributed by atoms with Gasteiger partial charge < -0.3 is 10.1 Å². The summed E-state index contributed by atoms with van der Waals surface area (Å²) >= 11 is 0. The lowest BCUT2D eigenvalue weighted by molar-refractivity contribution is -0.125. The molecule has 0 bridgehead atoms. The van der Waals surface area contributed by atoms with Crippen LogP contribution in [0.15, 0.2) is 60.7 Å². The minimum absolute atomic E-state index is 0.0241. The molecule has 0 aliphatic rings. The first kappa shape index (κ1) is 17.0. The van der Waals surface area contributed by atoms with Crippen LogP contribution in [0.3, 0.4) is 0 Å². The summed E-state index contributed by atoms with van der Waals surface area (Å²) in [6.07, 6.45) is 0. The third kappa shape index (κ3) is 5.75. The molecule has 2 aromatic carbocycles. The Hall–Kier alpha value is -2.33. The van der Waals surface area contributed by atoms with Crippen LogP contribution in [-0.4, -0.2) is 37.0 Å². The zero-order chi connectivity index (χ0) is 16.5. The lowest BCUT2D eigenvalue weighted by Gasteiger charge is -2.23. The number of likely N-dealkylation sites (N-methyl/N-ethyl adjacent to an activating group) is 1. The fourth-order valence-electron chi connectivity index (χ4n) is 2.15. The van der Waals surface area contributed by atoms with Gasteiger partial charge in [0, 0.05) is 13.1 Å². The van der Waals surface area contributed by atoms with Crippen LogP contribution >= 0.6 is 0 Å². The number of benzene rings is 2. The van der Waals surface area contributed by atoms with E-state index in [4.69, 9.17) is 4.74 Å². The van der Waals surface area contributed by atoms with Gasteiger partial charge >= 0.3 is 0 Å². The fraction of sp³-hybridized carbons (Fsp3) is 0.316. The summed E-state index contributed by atoms with van der Waals surface area (Å²) in [6, 6.07) is 19.4. The quantitative estimate of drug-likeness (QED) is 0.815. The Bertz CT molecular complexity index is 587. The standard InChI is InChI=1S/C19H24N2O2/c1-16(19(22)20-15-17-9-5-3-6-10-17)21(2)13-14-23-18-11-7-4-8-12-18/h3-12,16H,13-15H2,1-2H3,(H,20,22). The molecule has 0 heterocycles. The summed E-state index contributed by atoms with van der Waals surface area (Å²) < 4.78 is 5.66. The van der Waals surface area contributed by atoms with Crippen LogP contribution in [0.1, 0.15) is 12.5 Å². The Kier molecular flexibility index (Phi) is 6.63. The molecule has 122 valence electrons. The molecule has 1 atom stereocenters. The first-order valence-corrected chi connectivity index (χ1v) is 7.86. The zero-order valence-electron chi connectivity index (χ0n) is 13.7. The molecule has 0 aliphatic carbocycles. The van der Waals surface area contributed by atoms with Crippen molar-refractivity contribution in [3.63, 3.8) is 0 Å². The van der Waals surface area contributed by atoms with Crippen molar-refractivity contribution >= 4 is 5.91 Å². The zero-order valence-corrected chi connectivity index (χ0v) is 13.7. The lowest BCUT2D eigenvalue weighted by atomic mass is 10.2. The van der Waals surface area contributed by atoms with Gasteiger partial charge in [-0.3, -0.25) is 9.69 Å². The maximum atomic E-state index is 12.2. The van der Waals surface area contributed by atoms with E-state index in [1.807, 2.05) is 79.5 Å². The number of hydrogen-bond acceptors (Lipinski definition) is 3. The van der Waals surface area contributed by atoms with Crippen molar-refractivity contribution in [3.8, 4) is 5.75 Å². The third-order valence-electron chi connectivity index (χ3n) is 3.81. The maximum absolute atomic E-state index is 12.2. The Morgan fingerprint density at radius 2 is 1.70 bits per heavy atom. The molecule has 4 nitrogen and oxygen atoms in total. The Morgan fingerprint density at radius 3 is 2.35 bits per heavy atom. The van der Waals surface area contributed by atoms with Gasteiger partial charge in [-0.05, 0) is 31.7 Å². The van der Waals surface area contributed by atoms with E-state index < -0.39 is 0 Å². The number of amides is 1. The normalized spacial score (nSPS) is 12.0. The molecular formula is C19H24N2O2. The smallest absolute Gasteiger partial charge is 0.237 e. The molecule has 0 aliphatic heterocycles. The molecule has 2 aromatic rings. The van der Waals surface area contributed by atoms with Gasteiger partial charge in [-0.25, -0.2) is 0 Å². The minimum atomic E-state index is -0.196. The lowest BCUT2D eigenvalue weighted by Crippen LogP contribution is -2.44. The van der Waals surface area contributed by atoms with Crippen molar-refractivity contribution in [2.45, 2.75) is 19.5 Å². The van der Waals surface area contributed by atoms with Crippen LogP contribution in [0.25, 0.3) is 0 Å².